The number of hydrogen-bond acceptors (Lipinski definition) is 7. The Hall–Kier alpha value is -6.98. The minimum Gasteiger partial charge on any atom is -0.449 e. The number of benzene rings is 6. The van der Waals surface area contributed by atoms with Crippen LogP contribution in [-0.2, 0) is 35.1 Å². The quantitative estimate of drug-likeness (QED) is 0.0528. The Kier molecular flexibility index (Phi) is 16.4. The van der Waals surface area contributed by atoms with Crippen LogP contribution in [0.1, 0.15) is 79.3 Å². The van der Waals surface area contributed by atoms with E-state index in [1.54, 1.807) is 25.6 Å². The molecule has 4 atom stereocenters. The van der Waals surface area contributed by atoms with Gasteiger partial charge in [0, 0.05) is 30.6 Å². The topological polar surface area (TPSA) is 143 Å². The van der Waals surface area contributed by atoms with Crippen molar-refractivity contribution in [3.05, 3.63) is 203 Å². The summed E-state index contributed by atoms with van der Waals surface area (Å²) in [6, 6.07) is 52.7. The summed E-state index contributed by atoms with van der Waals surface area (Å²) in [5.41, 5.74) is 8.39. The van der Waals surface area contributed by atoms with Crippen molar-refractivity contribution in [3.8, 4) is 11.1 Å². The third-order valence-corrected chi connectivity index (χ3v) is 13.9. The van der Waals surface area contributed by atoms with Gasteiger partial charge in [-0.3, -0.25) is 19.2 Å². The van der Waals surface area contributed by atoms with Gasteiger partial charge in [0.25, 0.3) is 0 Å². The summed E-state index contributed by atoms with van der Waals surface area (Å²) in [6.07, 6.45) is 0.186. The van der Waals surface area contributed by atoms with Crippen LogP contribution >= 0.6 is 11.8 Å². The number of carbonyl (C=O) groups excluding carboxylic acids is 5. The second-order valence-corrected chi connectivity index (χ2v) is 18.2. The van der Waals surface area contributed by atoms with Gasteiger partial charge in [0.1, 0.15) is 18.7 Å². The Labute approximate surface area is 397 Å². The van der Waals surface area contributed by atoms with Crippen LogP contribution in [0.5, 0.6) is 0 Å². The maximum Gasteiger partial charge on any atom is 0.407 e. The number of fused-ring (bicyclic) bond motifs is 3. The van der Waals surface area contributed by atoms with Gasteiger partial charge < -0.3 is 26.0 Å². The predicted octanol–water partition coefficient (Wildman–Crippen LogP) is 9.12. The van der Waals surface area contributed by atoms with E-state index in [0.717, 1.165) is 44.5 Å². The lowest BCUT2D eigenvalue weighted by atomic mass is 9.84. The standard InChI is InChI=1S/C56H58N4O6S/c1-4-49(58-52(62)34-33-38(2)57-55(65)66-36-48-46-31-19-17-29-44(46)45-30-18-20-32-47(45)48)53(63)59-50(35-40-21-9-5-10-22-40)54(64)60-51(39(3)61)37-67-56(41-23-11-6-12-24-41,42-25-13-7-14-26-42)43-27-15-8-16-28-43/h5-32,38,48-51H,4,33-37H2,1-3H3,(H,57,65)(H,58,62)(H,59,63)(H,60,64)/t38-,49+,50+,51+/m1/s1. The Balaban J connectivity index is 0.971. The SMILES string of the molecule is CC[C@H](NC(=O)CC[C@@H](C)NC(=O)OCC1c2ccccc2-c2ccccc21)C(=O)N[C@@H](Cc1ccccc1)C(=O)N[C@@H](CSC(c1ccccc1)(c1ccccc1)c1ccccc1)C(C)=O. The molecule has 0 spiro atoms. The Bertz CT molecular complexity index is 2470. The van der Waals surface area contributed by atoms with E-state index in [-0.39, 0.29) is 55.3 Å². The number of ketones is 1. The molecule has 7 rings (SSSR count). The molecule has 0 bridgehead atoms. The number of carbonyl (C=O) groups is 5. The summed E-state index contributed by atoms with van der Waals surface area (Å²) in [4.78, 5) is 67.9. The van der Waals surface area contributed by atoms with E-state index in [4.69, 9.17) is 4.74 Å². The van der Waals surface area contributed by atoms with Crippen molar-refractivity contribution in [2.75, 3.05) is 12.4 Å². The number of thioether (sulfide) groups is 1. The first-order valence-corrected chi connectivity index (χ1v) is 23.9. The van der Waals surface area contributed by atoms with Gasteiger partial charge in [-0.1, -0.05) is 177 Å². The monoisotopic (exact) mass is 914 g/mol. The zero-order valence-electron chi connectivity index (χ0n) is 38.2. The first kappa shape index (κ1) is 48.0. The number of nitrogens with one attached hydrogen (secondary N) is 4. The van der Waals surface area contributed by atoms with E-state index in [1.807, 2.05) is 109 Å². The second kappa shape index (κ2) is 23.0. The van der Waals surface area contributed by atoms with Crippen LogP contribution in [0.25, 0.3) is 11.1 Å². The van der Waals surface area contributed by atoms with Gasteiger partial charge in [0.15, 0.2) is 5.78 Å². The van der Waals surface area contributed by atoms with Crippen molar-refractivity contribution in [2.45, 2.75) is 81.3 Å². The molecule has 6 aromatic rings. The Morgan fingerprint density at radius 1 is 0.582 bits per heavy atom. The number of rotatable bonds is 21. The fraction of sp³-hybridized carbons (Fsp3) is 0.268. The number of ether oxygens (including phenoxy) is 1. The molecule has 0 radical (unpaired) electrons. The molecule has 4 N–H and O–H groups in total. The van der Waals surface area contributed by atoms with Gasteiger partial charge in [-0.05, 0) is 71.2 Å². The average molecular weight is 915 g/mol. The van der Waals surface area contributed by atoms with Crippen molar-refractivity contribution in [1.82, 2.24) is 21.3 Å². The van der Waals surface area contributed by atoms with Crippen molar-refractivity contribution >= 4 is 41.4 Å². The molecule has 4 amide bonds. The molecule has 0 saturated heterocycles. The Morgan fingerprint density at radius 2 is 1.04 bits per heavy atom. The normalized spacial score (nSPS) is 13.7. The summed E-state index contributed by atoms with van der Waals surface area (Å²) in [5.74, 6) is -1.49. The van der Waals surface area contributed by atoms with Crippen LogP contribution < -0.4 is 21.3 Å². The molecule has 0 heterocycles. The van der Waals surface area contributed by atoms with E-state index < -0.39 is 40.8 Å². The average Bonchev–Trinajstić information content (AvgIpc) is 3.68. The van der Waals surface area contributed by atoms with Crippen molar-refractivity contribution in [2.24, 2.45) is 0 Å². The molecule has 0 unspecified atom stereocenters. The van der Waals surface area contributed by atoms with Crippen LogP contribution in [-0.4, -0.2) is 66.1 Å². The lowest BCUT2D eigenvalue weighted by Gasteiger charge is -2.36. The molecule has 11 heteroatoms. The lowest BCUT2D eigenvalue weighted by Crippen LogP contribution is -2.56. The number of Topliss-reactive ketones (excluding diaryl/α,β-unsaturated/α-hetero) is 1. The van der Waals surface area contributed by atoms with Crippen LogP contribution in [0.3, 0.4) is 0 Å². The summed E-state index contributed by atoms with van der Waals surface area (Å²) in [7, 11) is 0. The Morgan fingerprint density at radius 3 is 1.55 bits per heavy atom. The number of amides is 4. The van der Waals surface area contributed by atoms with Gasteiger partial charge >= 0.3 is 6.09 Å². The van der Waals surface area contributed by atoms with Crippen molar-refractivity contribution in [1.29, 1.82) is 0 Å². The van der Waals surface area contributed by atoms with Crippen molar-refractivity contribution in [3.63, 3.8) is 0 Å². The van der Waals surface area contributed by atoms with Crippen LogP contribution in [0.15, 0.2) is 170 Å². The molecule has 6 aromatic carbocycles. The summed E-state index contributed by atoms with van der Waals surface area (Å²) in [6.45, 7) is 5.21. The van der Waals surface area contributed by atoms with E-state index in [1.165, 1.54) is 6.92 Å². The molecule has 10 nitrogen and oxygen atoms in total. The molecule has 0 saturated carbocycles. The van der Waals surface area contributed by atoms with E-state index in [2.05, 4.69) is 81.9 Å². The molecule has 0 fully saturated rings. The molecular formula is C56H58N4O6S. The molecular weight excluding hydrogens is 857 g/mol. The highest BCUT2D eigenvalue weighted by Crippen LogP contribution is 2.49. The van der Waals surface area contributed by atoms with Gasteiger partial charge in [0.2, 0.25) is 17.7 Å². The van der Waals surface area contributed by atoms with Gasteiger partial charge in [0.05, 0.1) is 10.8 Å². The summed E-state index contributed by atoms with van der Waals surface area (Å²) in [5, 5.41) is 11.5. The highest BCUT2D eigenvalue weighted by molar-refractivity contribution is 8.00. The summed E-state index contributed by atoms with van der Waals surface area (Å²) >= 11 is 1.56. The fourth-order valence-corrected chi connectivity index (χ4v) is 10.4. The van der Waals surface area contributed by atoms with Gasteiger partial charge in [-0.15, -0.1) is 11.8 Å². The third-order valence-electron chi connectivity index (χ3n) is 12.3. The first-order chi connectivity index (χ1) is 32.6. The van der Waals surface area contributed by atoms with Crippen molar-refractivity contribution < 1.29 is 28.7 Å². The number of alkyl carbamates (subject to hydrolysis) is 1. The third kappa shape index (κ3) is 11.9. The fourth-order valence-electron chi connectivity index (χ4n) is 8.72. The highest BCUT2D eigenvalue weighted by atomic mass is 32.2. The zero-order chi connectivity index (χ0) is 47.2. The molecule has 67 heavy (non-hydrogen) atoms. The van der Waals surface area contributed by atoms with Crippen LogP contribution in [0.4, 0.5) is 4.79 Å². The van der Waals surface area contributed by atoms with Gasteiger partial charge in [-0.2, -0.15) is 0 Å². The highest BCUT2D eigenvalue weighted by Gasteiger charge is 2.39. The lowest BCUT2D eigenvalue weighted by molar-refractivity contribution is -0.133. The maximum absolute atomic E-state index is 14.3. The molecule has 1 aliphatic rings. The smallest absolute Gasteiger partial charge is 0.407 e. The maximum atomic E-state index is 14.3. The van der Waals surface area contributed by atoms with E-state index in [9.17, 15) is 24.0 Å². The number of hydrogen-bond donors (Lipinski definition) is 4. The largest absolute Gasteiger partial charge is 0.449 e. The zero-order valence-corrected chi connectivity index (χ0v) is 39.0. The van der Waals surface area contributed by atoms with E-state index >= 15 is 0 Å². The van der Waals surface area contributed by atoms with Gasteiger partial charge in [-0.25, -0.2) is 4.79 Å². The predicted molar refractivity (Wildman–Crippen MR) is 265 cm³/mol. The summed E-state index contributed by atoms with van der Waals surface area (Å²) < 4.78 is 4.97. The van der Waals surface area contributed by atoms with Crippen LogP contribution in [0.2, 0.25) is 0 Å². The molecule has 1 aliphatic carbocycles. The minimum absolute atomic E-state index is 0.0386. The van der Waals surface area contributed by atoms with Crippen LogP contribution in [0, 0.1) is 0 Å². The molecule has 344 valence electrons. The van der Waals surface area contributed by atoms with E-state index in [0.29, 0.717) is 6.42 Å². The minimum atomic E-state index is -1.06. The second-order valence-electron chi connectivity index (χ2n) is 17.0. The molecule has 0 aliphatic heterocycles. The first-order valence-electron chi connectivity index (χ1n) is 22.9. The molecule has 0 aromatic heterocycles.